The molecule has 1 fully saturated rings. The molecule has 0 aliphatic carbocycles. The van der Waals surface area contributed by atoms with Gasteiger partial charge in [-0.1, -0.05) is 32.4 Å². The Balaban J connectivity index is 1.98. The molecule has 0 spiro atoms. The van der Waals surface area contributed by atoms with Gasteiger partial charge in [0.05, 0.1) is 17.8 Å². The van der Waals surface area contributed by atoms with Gasteiger partial charge in [0, 0.05) is 18.5 Å². The van der Waals surface area contributed by atoms with Crippen molar-refractivity contribution in [2.45, 2.75) is 33.6 Å². The first-order valence-corrected chi connectivity index (χ1v) is 7.87. The Morgan fingerprint density at radius 3 is 2.68 bits per heavy atom. The van der Waals surface area contributed by atoms with Crippen LogP contribution in [0.5, 0.6) is 0 Å². The number of likely N-dealkylation sites (tertiary alicyclic amines) is 1. The van der Waals surface area contributed by atoms with E-state index in [9.17, 15) is 9.59 Å². The molecule has 0 aromatic carbocycles. The Morgan fingerprint density at radius 1 is 1.36 bits per heavy atom. The average molecular weight is 324 g/mol. The predicted octanol–water partition coefficient (Wildman–Crippen LogP) is 2.96. The Kier molecular flexibility index (Phi) is 5.06. The fraction of sp³-hybridized carbons (Fsp3) is 0.562. The summed E-state index contributed by atoms with van der Waals surface area (Å²) in [7, 11) is 0. The van der Waals surface area contributed by atoms with Crippen molar-refractivity contribution in [3.63, 3.8) is 0 Å². The summed E-state index contributed by atoms with van der Waals surface area (Å²) in [5, 5.41) is 3.23. The molecule has 1 N–H and O–H groups in total. The smallest absolute Gasteiger partial charge is 0.229 e. The first kappa shape index (κ1) is 16.7. The third kappa shape index (κ3) is 4.19. The number of piperidine rings is 1. The Hall–Kier alpha value is -1.62. The van der Waals surface area contributed by atoms with Crippen LogP contribution in [0.1, 0.15) is 33.6 Å². The predicted molar refractivity (Wildman–Crippen MR) is 86.6 cm³/mol. The molecular weight excluding hydrogens is 302 g/mol. The molecule has 1 atom stereocenters. The molecule has 5 nitrogen and oxygen atoms in total. The SMILES string of the molecule is CC(C)(C)C(=O)N1CCCC(C(=O)Nc2ccc(Cl)nc2)C1. The van der Waals surface area contributed by atoms with Crippen LogP contribution in [-0.4, -0.2) is 34.8 Å². The lowest BCUT2D eigenvalue weighted by Crippen LogP contribution is -2.47. The van der Waals surface area contributed by atoms with Gasteiger partial charge >= 0.3 is 0 Å². The highest BCUT2D eigenvalue weighted by Crippen LogP contribution is 2.24. The fourth-order valence-electron chi connectivity index (χ4n) is 2.54. The van der Waals surface area contributed by atoms with E-state index in [2.05, 4.69) is 10.3 Å². The van der Waals surface area contributed by atoms with E-state index in [4.69, 9.17) is 11.6 Å². The number of nitrogens with zero attached hydrogens (tertiary/aromatic N) is 2. The topological polar surface area (TPSA) is 62.3 Å². The number of carbonyl (C=O) groups is 2. The van der Waals surface area contributed by atoms with Crippen LogP contribution >= 0.6 is 11.6 Å². The molecule has 22 heavy (non-hydrogen) atoms. The zero-order valence-corrected chi connectivity index (χ0v) is 14.0. The molecule has 1 aromatic rings. The van der Waals surface area contributed by atoms with Gasteiger partial charge in [-0.05, 0) is 25.0 Å². The quantitative estimate of drug-likeness (QED) is 0.851. The summed E-state index contributed by atoms with van der Waals surface area (Å²) in [5.41, 5.74) is 0.201. The number of anilines is 1. The van der Waals surface area contributed by atoms with Gasteiger partial charge in [0.2, 0.25) is 11.8 Å². The summed E-state index contributed by atoms with van der Waals surface area (Å²) in [4.78, 5) is 30.5. The van der Waals surface area contributed by atoms with Crippen LogP contribution in [0.3, 0.4) is 0 Å². The zero-order valence-electron chi connectivity index (χ0n) is 13.2. The highest BCUT2D eigenvalue weighted by molar-refractivity contribution is 6.29. The van der Waals surface area contributed by atoms with Crippen molar-refractivity contribution in [3.05, 3.63) is 23.5 Å². The molecule has 6 heteroatoms. The maximum absolute atomic E-state index is 12.4. The summed E-state index contributed by atoms with van der Waals surface area (Å²) in [5.74, 6) is -0.163. The van der Waals surface area contributed by atoms with Gasteiger partial charge in [0.15, 0.2) is 0 Å². The minimum Gasteiger partial charge on any atom is -0.341 e. The van der Waals surface area contributed by atoms with E-state index in [0.717, 1.165) is 19.4 Å². The molecule has 0 radical (unpaired) electrons. The highest BCUT2D eigenvalue weighted by Gasteiger charge is 2.33. The van der Waals surface area contributed by atoms with Crippen LogP contribution in [0, 0.1) is 11.3 Å². The summed E-state index contributed by atoms with van der Waals surface area (Å²) >= 11 is 5.73. The minimum absolute atomic E-state index is 0.0736. The largest absolute Gasteiger partial charge is 0.341 e. The summed E-state index contributed by atoms with van der Waals surface area (Å²) in [6, 6.07) is 3.35. The van der Waals surface area contributed by atoms with Crippen molar-refractivity contribution in [2.75, 3.05) is 18.4 Å². The number of rotatable bonds is 2. The third-order valence-electron chi connectivity index (χ3n) is 3.72. The Labute approximate surface area is 136 Å². The second kappa shape index (κ2) is 6.65. The molecule has 1 saturated heterocycles. The third-order valence-corrected chi connectivity index (χ3v) is 3.94. The monoisotopic (exact) mass is 323 g/mol. The molecule has 0 saturated carbocycles. The number of halogens is 1. The molecule has 1 aliphatic heterocycles. The first-order valence-electron chi connectivity index (χ1n) is 7.49. The van der Waals surface area contributed by atoms with Gasteiger partial charge in [0.1, 0.15) is 5.15 Å². The van der Waals surface area contributed by atoms with Crippen LogP contribution in [-0.2, 0) is 9.59 Å². The second-order valence-electron chi connectivity index (χ2n) is 6.70. The molecule has 2 rings (SSSR count). The highest BCUT2D eigenvalue weighted by atomic mass is 35.5. The van der Waals surface area contributed by atoms with E-state index in [-0.39, 0.29) is 17.7 Å². The number of aromatic nitrogens is 1. The average Bonchev–Trinajstić information content (AvgIpc) is 2.48. The molecule has 2 amide bonds. The number of hydrogen-bond donors (Lipinski definition) is 1. The Morgan fingerprint density at radius 2 is 2.09 bits per heavy atom. The maximum Gasteiger partial charge on any atom is 0.229 e. The van der Waals surface area contributed by atoms with Crippen molar-refractivity contribution in [3.8, 4) is 0 Å². The lowest BCUT2D eigenvalue weighted by molar-refractivity contribution is -0.142. The number of amides is 2. The lowest BCUT2D eigenvalue weighted by Gasteiger charge is -2.35. The number of nitrogens with one attached hydrogen (secondary N) is 1. The standard InChI is InChI=1S/C16H22ClN3O2/c1-16(2,3)15(22)20-8-4-5-11(10-20)14(21)19-12-6-7-13(17)18-9-12/h6-7,9,11H,4-5,8,10H2,1-3H3,(H,19,21). The van der Waals surface area contributed by atoms with Gasteiger partial charge in [0.25, 0.3) is 0 Å². The summed E-state index contributed by atoms with van der Waals surface area (Å²) < 4.78 is 0. The van der Waals surface area contributed by atoms with Crippen molar-refractivity contribution < 1.29 is 9.59 Å². The molecular formula is C16H22ClN3O2. The summed E-state index contributed by atoms with van der Waals surface area (Å²) in [6.07, 6.45) is 3.17. The maximum atomic E-state index is 12.4. The molecule has 1 aliphatic rings. The number of hydrogen-bond acceptors (Lipinski definition) is 3. The van der Waals surface area contributed by atoms with Crippen molar-refractivity contribution in [2.24, 2.45) is 11.3 Å². The number of pyridine rings is 1. The number of carbonyl (C=O) groups excluding carboxylic acids is 2. The second-order valence-corrected chi connectivity index (χ2v) is 7.09. The van der Waals surface area contributed by atoms with Crippen LogP contribution in [0.2, 0.25) is 5.15 Å². The van der Waals surface area contributed by atoms with Crippen LogP contribution < -0.4 is 5.32 Å². The molecule has 0 bridgehead atoms. The van der Waals surface area contributed by atoms with Gasteiger partial charge < -0.3 is 10.2 Å². The van der Waals surface area contributed by atoms with Crippen molar-refractivity contribution >= 4 is 29.1 Å². The molecule has 1 aromatic heterocycles. The van der Waals surface area contributed by atoms with E-state index in [0.29, 0.717) is 17.4 Å². The van der Waals surface area contributed by atoms with E-state index in [1.165, 1.54) is 6.20 Å². The van der Waals surface area contributed by atoms with Gasteiger partial charge in [-0.2, -0.15) is 0 Å². The molecule has 120 valence electrons. The Bertz CT molecular complexity index is 552. The lowest BCUT2D eigenvalue weighted by atomic mass is 9.91. The van der Waals surface area contributed by atoms with Gasteiger partial charge in [-0.3, -0.25) is 9.59 Å². The van der Waals surface area contributed by atoms with Crippen molar-refractivity contribution in [1.82, 2.24) is 9.88 Å². The fourth-order valence-corrected chi connectivity index (χ4v) is 2.66. The van der Waals surface area contributed by atoms with E-state index in [1.54, 1.807) is 17.0 Å². The summed E-state index contributed by atoms with van der Waals surface area (Å²) in [6.45, 7) is 6.90. The first-order chi connectivity index (χ1) is 10.3. The minimum atomic E-state index is -0.418. The van der Waals surface area contributed by atoms with E-state index >= 15 is 0 Å². The normalized spacial score (nSPS) is 18.9. The van der Waals surface area contributed by atoms with E-state index in [1.807, 2.05) is 20.8 Å². The van der Waals surface area contributed by atoms with Crippen molar-refractivity contribution in [1.29, 1.82) is 0 Å². The van der Waals surface area contributed by atoms with Crippen LogP contribution in [0.4, 0.5) is 5.69 Å². The molecule has 1 unspecified atom stereocenters. The van der Waals surface area contributed by atoms with Crippen LogP contribution in [0.25, 0.3) is 0 Å². The van der Waals surface area contributed by atoms with Crippen LogP contribution in [0.15, 0.2) is 18.3 Å². The zero-order chi connectivity index (χ0) is 16.3. The molecule has 2 heterocycles. The van der Waals surface area contributed by atoms with Gasteiger partial charge in [-0.25, -0.2) is 4.98 Å². The van der Waals surface area contributed by atoms with E-state index < -0.39 is 5.41 Å². The van der Waals surface area contributed by atoms with Gasteiger partial charge in [-0.15, -0.1) is 0 Å².